The Balaban J connectivity index is 1.64. The maximum atomic E-state index is 10.6. The lowest BCUT2D eigenvalue weighted by molar-refractivity contribution is 0.0188. The standard InChI is InChI=1S/C29H39N3O3/c1-4-34-21-26(33)19-31(16-14-22(2)3)20-27-28(24-11-6-5-7-12-24)30-35-29(27)32-17-15-23-10-8-9-13-25(23)18-32/h5-13,22,26,33H,4,14-21H2,1-3H3. The van der Waals surface area contributed by atoms with Gasteiger partial charge in [0.05, 0.1) is 18.3 Å². The topological polar surface area (TPSA) is 62.0 Å². The van der Waals surface area contributed by atoms with E-state index in [2.05, 4.69) is 65.2 Å². The van der Waals surface area contributed by atoms with Crippen molar-refractivity contribution in [1.29, 1.82) is 0 Å². The molecule has 188 valence electrons. The maximum absolute atomic E-state index is 10.6. The summed E-state index contributed by atoms with van der Waals surface area (Å²) < 4.78 is 11.5. The molecule has 0 fully saturated rings. The summed E-state index contributed by atoms with van der Waals surface area (Å²) in [5.74, 6) is 1.42. The normalized spacial score (nSPS) is 14.5. The van der Waals surface area contributed by atoms with Crippen LogP contribution in [0.5, 0.6) is 0 Å². The average molecular weight is 478 g/mol. The monoisotopic (exact) mass is 477 g/mol. The highest BCUT2D eigenvalue weighted by molar-refractivity contribution is 5.68. The molecular weight excluding hydrogens is 438 g/mol. The third kappa shape index (κ3) is 6.72. The summed E-state index contributed by atoms with van der Waals surface area (Å²) in [5.41, 5.74) is 5.77. The van der Waals surface area contributed by atoms with E-state index in [1.54, 1.807) is 0 Å². The Bertz CT molecular complexity index is 1050. The number of fused-ring (bicyclic) bond motifs is 1. The molecule has 35 heavy (non-hydrogen) atoms. The first-order chi connectivity index (χ1) is 17.0. The van der Waals surface area contributed by atoms with Gasteiger partial charge in [0.2, 0.25) is 5.88 Å². The molecule has 1 aromatic heterocycles. The van der Waals surface area contributed by atoms with Crippen molar-refractivity contribution < 1.29 is 14.4 Å². The first kappa shape index (κ1) is 25.4. The minimum Gasteiger partial charge on any atom is -0.389 e. The highest BCUT2D eigenvalue weighted by Crippen LogP contribution is 2.35. The van der Waals surface area contributed by atoms with Gasteiger partial charge in [0, 0.05) is 38.3 Å². The van der Waals surface area contributed by atoms with Crippen LogP contribution >= 0.6 is 0 Å². The molecule has 4 rings (SSSR count). The van der Waals surface area contributed by atoms with Crippen molar-refractivity contribution in [3.05, 3.63) is 71.3 Å². The Kier molecular flexibility index (Phi) is 8.96. The van der Waals surface area contributed by atoms with Crippen LogP contribution in [0.25, 0.3) is 11.3 Å². The molecule has 0 saturated heterocycles. The summed E-state index contributed by atoms with van der Waals surface area (Å²) in [7, 11) is 0. The van der Waals surface area contributed by atoms with Gasteiger partial charge in [-0.15, -0.1) is 0 Å². The number of rotatable bonds is 12. The Morgan fingerprint density at radius 1 is 1.09 bits per heavy atom. The van der Waals surface area contributed by atoms with E-state index in [9.17, 15) is 5.11 Å². The summed E-state index contributed by atoms with van der Waals surface area (Å²) in [6.07, 6.45) is 1.51. The number of aliphatic hydroxyl groups excluding tert-OH is 1. The summed E-state index contributed by atoms with van der Waals surface area (Å²) >= 11 is 0. The largest absolute Gasteiger partial charge is 0.389 e. The maximum Gasteiger partial charge on any atom is 0.232 e. The molecule has 2 aromatic carbocycles. The number of anilines is 1. The van der Waals surface area contributed by atoms with Crippen LogP contribution in [0.3, 0.4) is 0 Å². The van der Waals surface area contributed by atoms with E-state index in [1.165, 1.54) is 11.1 Å². The van der Waals surface area contributed by atoms with Crippen LogP contribution in [-0.4, -0.2) is 54.1 Å². The summed E-state index contributed by atoms with van der Waals surface area (Å²) in [6, 6.07) is 18.9. The SMILES string of the molecule is CCOCC(O)CN(CCC(C)C)Cc1c(-c2ccccc2)noc1N1CCc2ccccc2C1. The molecule has 2 heterocycles. The number of aromatic nitrogens is 1. The number of nitrogens with zero attached hydrogens (tertiary/aromatic N) is 3. The molecule has 0 aliphatic carbocycles. The Labute approximate surface area is 209 Å². The highest BCUT2D eigenvalue weighted by atomic mass is 16.5. The van der Waals surface area contributed by atoms with Gasteiger partial charge >= 0.3 is 0 Å². The Morgan fingerprint density at radius 2 is 1.83 bits per heavy atom. The summed E-state index contributed by atoms with van der Waals surface area (Å²) in [4.78, 5) is 4.64. The van der Waals surface area contributed by atoms with Crippen molar-refractivity contribution in [1.82, 2.24) is 10.1 Å². The van der Waals surface area contributed by atoms with Crippen LogP contribution in [0.4, 0.5) is 5.88 Å². The minimum atomic E-state index is -0.535. The molecule has 1 aliphatic heterocycles. The lowest BCUT2D eigenvalue weighted by atomic mass is 9.99. The van der Waals surface area contributed by atoms with E-state index in [1.807, 2.05) is 25.1 Å². The van der Waals surface area contributed by atoms with E-state index in [0.717, 1.165) is 55.2 Å². The fraction of sp³-hybridized carbons (Fsp3) is 0.483. The van der Waals surface area contributed by atoms with Crippen molar-refractivity contribution in [2.45, 2.75) is 52.8 Å². The summed E-state index contributed by atoms with van der Waals surface area (Å²) in [6.45, 7) is 11.2. The number of aliphatic hydroxyl groups is 1. The van der Waals surface area contributed by atoms with E-state index in [-0.39, 0.29) is 0 Å². The van der Waals surface area contributed by atoms with Gasteiger partial charge < -0.3 is 19.3 Å². The Morgan fingerprint density at radius 3 is 2.57 bits per heavy atom. The second-order valence-corrected chi connectivity index (χ2v) is 9.85. The van der Waals surface area contributed by atoms with Crippen molar-refractivity contribution in [2.75, 3.05) is 37.7 Å². The predicted octanol–water partition coefficient (Wildman–Crippen LogP) is 5.15. The molecule has 6 heteroatoms. The quantitative estimate of drug-likeness (QED) is 0.389. The third-order valence-corrected chi connectivity index (χ3v) is 6.62. The van der Waals surface area contributed by atoms with Crippen LogP contribution < -0.4 is 4.90 Å². The molecular formula is C29H39N3O3. The molecule has 0 spiro atoms. The molecule has 0 saturated carbocycles. The molecule has 1 aliphatic rings. The van der Waals surface area contributed by atoms with Crippen LogP contribution in [0.2, 0.25) is 0 Å². The van der Waals surface area contributed by atoms with Crippen LogP contribution in [0, 0.1) is 5.92 Å². The molecule has 1 atom stereocenters. The summed E-state index contributed by atoms with van der Waals surface area (Å²) in [5, 5.41) is 15.2. The van der Waals surface area contributed by atoms with Gasteiger partial charge in [-0.2, -0.15) is 0 Å². The lowest BCUT2D eigenvalue weighted by Crippen LogP contribution is -2.36. The minimum absolute atomic E-state index is 0.347. The van der Waals surface area contributed by atoms with Crippen molar-refractivity contribution >= 4 is 5.88 Å². The van der Waals surface area contributed by atoms with Crippen LogP contribution in [0.15, 0.2) is 59.1 Å². The van der Waals surface area contributed by atoms with Gasteiger partial charge in [0.25, 0.3) is 0 Å². The second kappa shape index (κ2) is 12.3. The van der Waals surface area contributed by atoms with Gasteiger partial charge in [-0.1, -0.05) is 73.6 Å². The van der Waals surface area contributed by atoms with Crippen molar-refractivity contribution in [3.63, 3.8) is 0 Å². The fourth-order valence-electron chi connectivity index (χ4n) is 4.69. The third-order valence-electron chi connectivity index (χ3n) is 6.62. The van der Waals surface area contributed by atoms with E-state index in [0.29, 0.717) is 32.2 Å². The van der Waals surface area contributed by atoms with Crippen molar-refractivity contribution in [3.8, 4) is 11.3 Å². The fourth-order valence-corrected chi connectivity index (χ4v) is 4.69. The van der Waals surface area contributed by atoms with E-state index in [4.69, 9.17) is 9.26 Å². The Hall–Kier alpha value is -2.67. The number of hydrogen-bond donors (Lipinski definition) is 1. The van der Waals surface area contributed by atoms with Gasteiger partial charge in [0.15, 0.2) is 0 Å². The predicted molar refractivity (Wildman–Crippen MR) is 140 cm³/mol. The first-order valence-corrected chi connectivity index (χ1v) is 12.9. The van der Waals surface area contributed by atoms with E-state index >= 15 is 0 Å². The molecule has 0 amide bonds. The van der Waals surface area contributed by atoms with Gasteiger partial charge in [0.1, 0.15) is 5.69 Å². The lowest BCUT2D eigenvalue weighted by Gasteiger charge is -2.30. The van der Waals surface area contributed by atoms with Crippen LogP contribution in [-0.2, 0) is 24.2 Å². The number of hydrogen-bond acceptors (Lipinski definition) is 6. The van der Waals surface area contributed by atoms with Crippen LogP contribution in [0.1, 0.15) is 43.9 Å². The second-order valence-electron chi connectivity index (χ2n) is 9.85. The zero-order valence-electron chi connectivity index (χ0n) is 21.3. The molecule has 6 nitrogen and oxygen atoms in total. The molecule has 0 radical (unpaired) electrons. The number of benzene rings is 2. The van der Waals surface area contributed by atoms with E-state index < -0.39 is 6.10 Å². The average Bonchev–Trinajstić information content (AvgIpc) is 3.29. The first-order valence-electron chi connectivity index (χ1n) is 12.9. The molecule has 1 N–H and O–H groups in total. The molecule has 1 unspecified atom stereocenters. The highest BCUT2D eigenvalue weighted by Gasteiger charge is 2.27. The van der Waals surface area contributed by atoms with Crippen molar-refractivity contribution in [2.24, 2.45) is 5.92 Å². The van der Waals surface area contributed by atoms with Gasteiger partial charge in [-0.3, -0.25) is 4.90 Å². The van der Waals surface area contributed by atoms with Gasteiger partial charge in [-0.05, 0) is 43.4 Å². The zero-order chi connectivity index (χ0) is 24.6. The zero-order valence-corrected chi connectivity index (χ0v) is 21.3. The smallest absolute Gasteiger partial charge is 0.232 e. The molecule has 3 aromatic rings. The van der Waals surface area contributed by atoms with Gasteiger partial charge in [-0.25, -0.2) is 0 Å². The number of ether oxygens (including phenoxy) is 1. The molecule has 0 bridgehead atoms.